The van der Waals surface area contributed by atoms with Gasteiger partial charge in [-0.25, -0.2) is 8.42 Å². The monoisotopic (exact) mass is 262 g/mol. The van der Waals surface area contributed by atoms with Gasteiger partial charge >= 0.3 is 0 Å². The third-order valence-electron chi connectivity index (χ3n) is 3.37. The molecule has 17 heavy (non-hydrogen) atoms. The van der Waals surface area contributed by atoms with Crippen molar-refractivity contribution in [2.24, 2.45) is 5.92 Å². The molecule has 1 unspecified atom stereocenters. The van der Waals surface area contributed by atoms with E-state index in [1.807, 2.05) is 0 Å². The summed E-state index contributed by atoms with van der Waals surface area (Å²) in [7, 11) is -1.53. The van der Waals surface area contributed by atoms with Crippen LogP contribution in [-0.2, 0) is 19.4 Å². The highest BCUT2D eigenvalue weighted by Gasteiger charge is 2.29. The quantitative estimate of drug-likeness (QED) is 0.729. The van der Waals surface area contributed by atoms with Gasteiger partial charge in [-0.15, -0.1) is 0 Å². The molecule has 0 amide bonds. The summed E-state index contributed by atoms with van der Waals surface area (Å²) in [4.78, 5) is 11.9. The van der Waals surface area contributed by atoms with Gasteiger partial charge < -0.3 is 4.74 Å². The number of hydrogen-bond acceptors (Lipinski definition) is 4. The molecule has 0 aliphatic heterocycles. The van der Waals surface area contributed by atoms with Crippen molar-refractivity contribution in [2.45, 2.75) is 44.6 Å². The molecule has 0 aromatic heterocycles. The third kappa shape index (κ3) is 5.17. The van der Waals surface area contributed by atoms with E-state index >= 15 is 0 Å². The number of ketones is 1. The zero-order valence-corrected chi connectivity index (χ0v) is 11.5. The van der Waals surface area contributed by atoms with Crippen molar-refractivity contribution >= 4 is 15.6 Å². The van der Waals surface area contributed by atoms with E-state index in [1.165, 1.54) is 13.5 Å². The van der Waals surface area contributed by atoms with Crippen LogP contribution in [0.3, 0.4) is 0 Å². The number of carbonyl (C=O) groups is 1. The van der Waals surface area contributed by atoms with E-state index < -0.39 is 15.9 Å². The van der Waals surface area contributed by atoms with E-state index in [1.54, 1.807) is 0 Å². The molecule has 1 fully saturated rings. The average molecular weight is 262 g/mol. The first-order valence-corrected chi connectivity index (χ1v) is 8.23. The predicted molar refractivity (Wildman–Crippen MR) is 66.7 cm³/mol. The van der Waals surface area contributed by atoms with Crippen molar-refractivity contribution in [2.75, 3.05) is 19.1 Å². The van der Waals surface area contributed by atoms with Crippen LogP contribution in [0.5, 0.6) is 0 Å². The van der Waals surface area contributed by atoms with Crippen LogP contribution in [0.15, 0.2) is 0 Å². The highest BCUT2D eigenvalue weighted by Crippen LogP contribution is 2.28. The molecule has 0 bridgehead atoms. The lowest BCUT2D eigenvalue weighted by Crippen LogP contribution is -2.34. The number of methoxy groups -OCH3 is 1. The number of ether oxygens (including phenoxy) is 1. The van der Waals surface area contributed by atoms with Crippen molar-refractivity contribution in [1.82, 2.24) is 0 Å². The molecule has 4 nitrogen and oxygen atoms in total. The Bertz CT molecular complexity index is 342. The van der Waals surface area contributed by atoms with Gasteiger partial charge in [0.2, 0.25) is 0 Å². The maximum Gasteiger partial charge on any atom is 0.162 e. The highest BCUT2D eigenvalue weighted by molar-refractivity contribution is 7.90. The van der Waals surface area contributed by atoms with Gasteiger partial charge in [-0.05, 0) is 18.8 Å². The molecular formula is C12H22O4S. The Kier molecular flexibility index (Phi) is 5.59. The molecule has 5 heteroatoms. The zero-order valence-electron chi connectivity index (χ0n) is 10.6. The van der Waals surface area contributed by atoms with Gasteiger partial charge in [0.15, 0.2) is 5.78 Å². The fourth-order valence-corrected chi connectivity index (χ4v) is 3.02. The maximum atomic E-state index is 11.9. The van der Waals surface area contributed by atoms with E-state index in [0.717, 1.165) is 31.9 Å². The van der Waals surface area contributed by atoms with E-state index in [9.17, 15) is 13.2 Å². The Hall–Kier alpha value is -0.420. The van der Waals surface area contributed by atoms with Gasteiger partial charge in [-0.2, -0.15) is 0 Å². The first-order chi connectivity index (χ1) is 7.94. The molecule has 0 N–H and O–H groups in total. The summed E-state index contributed by atoms with van der Waals surface area (Å²) < 4.78 is 27.3. The lowest BCUT2D eigenvalue weighted by molar-refractivity contribution is -0.132. The summed E-state index contributed by atoms with van der Waals surface area (Å²) in [5.74, 6) is 0.143. The minimum atomic E-state index is -3.07. The smallest absolute Gasteiger partial charge is 0.162 e. The molecule has 1 atom stereocenters. The van der Waals surface area contributed by atoms with Crippen molar-refractivity contribution in [3.63, 3.8) is 0 Å². The molecule has 1 saturated carbocycles. The van der Waals surface area contributed by atoms with Crippen LogP contribution in [0.4, 0.5) is 0 Å². The fraction of sp³-hybridized carbons (Fsp3) is 0.917. The summed E-state index contributed by atoms with van der Waals surface area (Å²) in [6, 6.07) is 0. The average Bonchev–Trinajstić information content (AvgIpc) is 2.28. The third-order valence-corrected chi connectivity index (χ3v) is 4.31. The molecule has 0 spiro atoms. The van der Waals surface area contributed by atoms with E-state index in [4.69, 9.17) is 4.74 Å². The van der Waals surface area contributed by atoms with E-state index in [2.05, 4.69) is 0 Å². The lowest BCUT2D eigenvalue weighted by atomic mass is 9.83. The molecule has 0 aromatic carbocycles. The Morgan fingerprint density at radius 3 is 2.35 bits per heavy atom. The minimum Gasteiger partial charge on any atom is -0.373 e. The van der Waals surface area contributed by atoms with Crippen LogP contribution in [0.2, 0.25) is 0 Å². The Labute approximate surface area is 104 Å². The number of hydrogen-bond donors (Lipinski definition) is 0. The number of sulfone groups is 1. The zero-order chi connectivity index (χ0) is 12.9. The molecular weight excluding hydrogens is 240 g/mol. The van der Waals surface area contributed by atoms with Gasteiger partial charge in [0.25, 0.3) is 0 Å². The van der Waals surface area contributed by atoms with E-state index in [0.29, 0.717) is 0 Å². The van der Waals surface area contributed by atoms with Crippen LogP contribution >= 0.6 is 0 Å². The highest BCUT2D eigenvalue weighted by atomic mass is 32.2. The minimum absolute atomic E-state index is 0.0650. The Morgan fingerprint density at radius 1 is 1.29 bits per heavy atom. The fourth-order valence-electron chi connectivity index (χ4n) is 2.45. The molecule has 0 saturated heterocycles. The molecule has 1 aliphatic rings. The predicted octanol–water partition coefficient (Wildman–Crippen LogP) is 1.59. The second kappa shape index (κ2) is 6.50. The van der Waals surface area contributed by atoms with Crippen LogP contribution in [-0.4, -0.2) is 39.4 Å². The van der Waals surface area contributed by atoms with Crippen molar-refractivity contribution < 1.29 is 17.9 Å². The first kappa shape index (κ1) is 14.6. The first-order valence-electron chi connectivity index (χ1n) is 6.17. The number of rotatable bonds is 6. The summed E-state index contributed by atoms with van der Waals surface area (Å²) in [6.07, 6.45) is 6.37. The molecule has 1 aliphatic carbocycles. The van der Waals surface area contributed by atoms with Crippen LogP contribution in [0.25, 0.3) is 0 Å². The normalized spacial score (nSPS) is 20.1. The Morgan fingerprint density at radius 2 is 1.88 bits per heavy atom. The molecule has 100 valence electrons. The standard InChI is InChI=1S/C12H22O4S/c1-16-12(10-6-4-3-5-7-10)11(13)8-9-17(2,14)15/h10,12H,3-9H2,1-2H3. The van der Waals surface area contributed by atoms with Crippen LogP contribution in [0.1, 0.15) is 38.5 Å². The van der Waals surface area contributed by atoms with Crippen LogP contribution in [0, 0.1) is 5.92 Å². The van der Waals surface area contributed by atoms with Gasteiger partial charge in [-0.3, -0.25) is 4.79 Å². The molecule has 1 rings (SSSR count). The van der Waals surface area contributed by atoms with Crippen LogP contribution < -0.4 is 0 Å². The van der Waals surface area contributed by atoms with Gasteiger partial charge in [0, 0.05) is 19.8 Å². The Balaban J connectivity index is 2.51. The largest absolute Gasteiger partial charge is 0.373 e. The molecule has 0 heterocycles. The van der Waals surface area contributed by atoms with Crippen molar-refractivity contribution in [3.05, 3.63) is 0 Å². The summed E-state index contributed by atoms with van der Waals surface area (Å²) in [5.41, 5.74) is 0. The molecule has 0 radical (unpaired) electrons. The number of Topliss-reactive ketones (excluding diaryl/α,β-unsaturated/α-hetero) is 1. The van der Waals surface area contributed by atoms with Crippen molar-refractivity contribution in [1.29, 1.82) is 0 Å². The summed E-state index contributed by atoms with van der Waals surface area (Å²) in [6.45, 7) is 0. The SMILES string of the molecule is COC(C(=O)CCS(C)(=O)=O)C1CCCCC1. The second-order valence-electron chi connectivity index (χ2n) is 4.90. The second-order valence-corrected chi connectivity index (χ2v) is 7.16. The maximum absolute atomic E-state index is 11.9. The topological polar surface area (TPSA) is 60.4 Å². The lowest BCUT2D eigenvalue weighted by Gasteiger charge is -2.28. The number of carbonyl (C=O) groups excluding carboxylic acids is 1. The van der Waals surface area contributed by atoms with E-state index in [-0.39, 0.29) is 23.9 Å². The van der Waals surface area contributed by atoms with Gasteiger partial charge in [0.05, 0.1) is 5.75 Å². The van der Waals surface area contributed by atoms with Gasteiger partial charge in [-0.1, -0.05) is 19.3 Å². The van der Waals surface area contributed by atoms with Crippen molar-refractivity contribution in [3.8, 4) is 0 Å². The van der Waals surface area contributed by atoms with Gasteiger partial charge in [0.1, 0.15) is 15.9 Å². The molecule has 0 aromatic rings. The summed E-state index contributed by atoms with van der Waals surface area (Å²) in [5, 5.41) is 0. The summed E-state index contributed by atoms with van der Waals surface area (Å²) >= 11 is 0.